The first kappa shape index (κ1) is 10.8. The van der Waals surface area contributed by atoms with E-state index in [4.69, 9.17) is 14.3 Å². The van der Waals surface area contributed by atoms with E-state index in [2.05, 4.69) is 0 Å². The molecular formula is C8H13NO6. The first-order valence-corrected chi connectivity index (χ1v) is 4.55. The van der Waals surface area contributed by atoms with Crippen molar-refractivity contribution >= 4 is 5.97 Å². The molecule has 2 N–H and O–H groups in total. The number of fused-ring (bicyclic) bond motifs is 1. The predicted molar refractivity (Wildman–Crippen MR) is 45.3 cm³/mol. The smallest absolute Gasteiger partial charge is 0.338 e. The second-order valence-corrected chi connectivity index (χ2v) is 3.56. The predicted octanol–water partition coefficient (Wildman–Crippen LogP) is -2.15. The number of ether oxygens (including phenoxy) is 2. The van der Waals surface area contributed by atoms with Gasteiger partial charge in [0.2, 0.25) is 0 Å². The van der Waals surface area contributed by atoms with Crippen LogP contribution in [-0.4, -0.2) is 66.0 Å². The summed E-state index contributed by atoms with van der Waals surface area (Å²) in [6.07, 6.45) is -4.75. The van der Waals surface area contributed by atoms with E-state index in [0.717, 1.165) is 0 Å². The van der Waals surface area contributed by atoms with E-state index in [1.165, 1.54) is 12.2 Å². The maximum absolute atomic E-state index is 11.0. The Morgan fingerprint density at radius 1 is 1.40 bits per heavy atom. The maximum atomic E-state index is 11.0. The van der Waals surface area contributed by atoms with Gasteiger partial charge in [-0.05, 0) is 0 Å². The number of carbonyl (C=O) groups excluding carboxylic acids is 1. The highest BCUT2D eigenvalue weighted by atomic mass is 16.7. The average molecular weight is 219 g/mol. The van der Waals surface area contributed by atoms with E-state index in [-0.39, 0.29) is 0 Å². The van der Waals surface area contributed by atoms with Crippen LogP contribution >= 0.6 is 0 Å². The number of esters is 1. The van der Waals surface area contributed by atoms with Gasteiger partial charge in [-0.2, -0.15) is 5.06 Å². The zero-order chi connectivity index (χ0) is 11.2. The molecule has 1 unspecified atom stereocenters. The molecule has 2 aliphatic rings. The van der Waals surface area contributed by atoms with Crippen molar-refractivity contribution in [3.8, 4) is 0 Å². The van der Waals surface area contributed by atoms with E-state index in [9.17, 15) is 15.0 Å². The molecule has 2 heterocycles. The lowest BCUT2D eigenvalue weighted by Crippen LogP contribution is -2.42. The molecule has 0 aromatic carbocycles. The summed E-state index contributed by atoms with van der Waals surface area (Å²) in [6.45, 7) is 0. The van der Waals surface area contributed by atoms with Gasteiger partial charge < -0.3 is 19.7 Å². The van der Waals surface area contributed by atoms with E-state index in [0.29, 0.717) is 0 Å². The highest BCUT2D eigenvalue weighted by molar-refractivity contribution is 5.78. The Bertz CT molecular complexity index is 272. The summed E-state index contributed by atoms with van der Waals surface area (Å²) in [4.78, 5) is 15.8. The second kappa shape index (κ2) is 3.69. The third-order valence-electron chi connectivity index (χ3n) is 2.70. The number of carbonyl (C=O) groups is 1. The topological polar surface area (TPSA) is 88.5 Å². The summed E-state index contributed by atoms with van der Waals surface area (Å²) in [7, 11) is 3.00. The molecule has 5 atom stereocenters. The Kier molecular flexibility index (Phi) is 2.65. The standard InChI is InChI=1S/C8H13NO6/c1-9(13-2)7-3(10)5-6(14-7)4(11)8(12)15-5/h3-7,10-11H,1-2H3/t3?,4-,5-,6+,7+/m0/s1. The van der Waals surface area contributed by atoms with Crippen molar-refractivity contribution in [3.05, 3.63) is 0 Å². The molecule has 15 heavy (non-hydrogen) atoms. The Labute approximate surface area is 86.1 Å². The average Bonchev–Trinajstić information content (AvgIpc) is 2.68. The minimum Gasteiger partial charge on any atom is -0.455 e. The first-order valence-electron chi connectivity index (χ1n) is 4.55. The lowest BCUT2D eigenvalue weighted by atomic mass is 10.1. The number of hydroxylamine groups is 2. The molecule has 7 nitrogen and oxygen atoms in total. The highest BCUT2D eigenvalue weighted by Gasteiger charge is 2.57. The van der Waals surface area contributed by atoms with Crippen molar-refractivity contribution in [1.29, 1.82) is 0 Å². The van der Waals surface area contributed by atoms with Gasteiger partial charge in [0, 0.05) is 7.05 Å². The van der Waals surface area contributed by atoms with Crippen molar-refractivity contribution in [2.24, 2.45) is 0 Å². The molecule has 86 valence electrons. The second-order valence-electron chi connectivity index (χ2n) is 3.56. The molecule has 0 aromatic rings. The minimum atomic E-state index is -1.33. The Morgan fingerprint density at radius 3 is 2.60 bits per heavy atom. The summed E-state index contributed by atoms with van der Waals surface area (Å²) in [5.41, 5.74) is 0. The molecule has 2 saturated heterocycles. The van der Waals surface area contributed by atoms with Gasteiger partial charge in [-0.15, -0.1) is 0 Å². The number of aliphatic hydroxyl groups is 2. The lowest BCUT2D eigenvalue weighted by Gasteiger charge is -2.24. The number of hydrogen-bond donors (Lipinski definition) is 2. The lowest BCUT2D eigenvalue weighted by molar-refractivity contribution is -0.240. The molecule has 0 bridgehead atoms. The van der Waals surface area contributed by atoms with Crippen LogP contribution in [0.1, 0.15) is 0 Å². The zero-order valence-electron chi connectivity index (χ0n) is 8.36. The van der Waals surface area contributed by atoms with Crippen LogP contribution in [-0.2, 0) is 19.1 Å². The van der Waals surface area contributed by atoms with Crippen LogP contribution in [0.25, 0.3) is 0 Å². The van der Waals surface area contributed by atoms with Gasteiger partial charge in [-0.1, -0.05) is 0 Å². The third kappa shape index (κ3) is 1.52. The molecular weight excluding hydrogens is 206 g/mol. The summed E-state index contributed by atoms with van der Waals surface area (Å²) in [5, 5.41) is 20.4. The van der Waals surface area contributed by atoms with Crippen LogP contribution < -0.4 is 0 Å². The fourth-order valence-electron chi connectivity index (χ4n) is 1.81. The quantitative estimate of drug-likeness (QED) is 0.404. The Balaban J connectivity index is 2.11. The van der Waals surface area contributed by atoms with E-state index in [1.807, 2.05) is 0 Å². The summed E-state index contributed by atoms with van der Waals surface area (Å²) >= 11 is 0. The fraction of sp³-hybridized carbons (Fsp3) is 0.875. The summed E-state index contributed by atoms with van der Waals surface area (Å²) in [5.74, 6) is -0.762. The number of aliphatic hydroxyl groups excluding tert-OH is 2. The molecule has 0 spiro atoms. The number of nitrogens with zero attached hydrogens (tertiary/aromatic N) is 1. The highest BCUT2D eigenvalue weighted by Crippen LogP contribution is 2.32. The maximum Gasteiger partial charge on any atom is 0.338 e. The largest absolute Gasteiger partial charge is 0.455 e. The number of hydrogen-bond acceptors (Lipinski definition) is 7. The third-order valence-corrected chi connectivity index (χ3v) is 2.70. The van der Waals surface area contributed by atoms with E-state index in [1.54, 1.807) is 7.05 Å². The van der Waals surface area contributed by atoms with Gasteiger partial charge in [0.15, 0.2) is 18.4 Å². The summed E-state index contributed by atoms with van der Waals surface area (Å²) in [6, 6.07) is 0. The van der Waals surface area contributed by atoms with E-state index >= 15 is 0 Å². The molecule has 0 aromatic heterocycles. The number of rotatable bonds is 2. The van der Waals surface area contributed by atoms with Gasteiger partial charge in [0.25, 0.3) is 0 Å². The monoisotopic (exact) mass is 219 g/mol. The van der Waals surface area contributed by atoms with Crippen LogP contribution in [0, 0.1) is 0 Å². The molecule has 7 heteroatoms. The fourth-order valence-corrected chi connectivity index (χ4v) is 1.81. The molecule has 0 aliphatic carbocycles. The van der Waals surface area contributed by atoms with Crippen LogP contribution in [0.2, 0.25) is 0 Å². The van der Waals surface area contributed by atoms with Gasteiger partial charge in [0.1, 0.15) is 12.2 Å². The minimum absolute atomic E-state index is 0.743. The summed E-state index contributed by atoms with van der Waals surface area (Å²) < 4.78 is 10.1. The van der Waals surface area contributed by atoms with Gasteiger partial charge >= 0.3 is 5.97 Å². The Morgan fingerprint density at radius 2 is 2.07 bits per heavy atom. The van der Waals surface area contributed by atoms with Crippen molar-refractivity contribution in [1.82, 2.24) is 5.06 Å². The van der Waals surface area contributed by atoms with Gasteiger partial charge in [-0.3, -0.25) is 4.84 Å². The SMILES string of the molecule is CON(C)[C@@H]1O[C@@H]2[C@H](O)C(=O)O[C@H]2C1O. The van der Waals surface area contributed by atoms with Crippen molar-refractivity contribution in [3.63, 3.8) is 0 Å². The molecule has 2 fully saturated rings. The van der Waals surface area contributed by atoms with Gasteiger partial charge in [-0.25, -0.2) is 4.79 Å². The Hall–Kier alpha value is -0.730. The molecule has 0 saturated carbocycles. The van der Waals surface area contributed by atoms with Crippen LogP contribution in [0.15, 0.2) is 0 Å². The molecule has 2 aliphatic heterocycles. The van der Waals surface area contributed by atoms with Crippen molar-refractivity contribution in [2.45, 2.75) is 30.6 Å². The first-order chi connectivity index (χ1) is 7.06. The van der Waals surface area contributed by atoms with Crippen LogP contribution in [0.3, 0.4) is 0 Å². The van der Waals surface area contributed by atoms with Crippen LogP contribution in [0.4, 0.5) is 0 Å². The normalized spacial score (nSPS) is 44.6. The van der Waals surface area contributed by atoms with Crippen molar-refractivity contribution < 1.29 is 29.3 Å². The van der Waals surface area contributed by atoms with Gasteiger partial charge in [0.05, 0.1) is 7.11 Å². The van der Waals surface area contributed by atoms with Crippen LogP contribution in [0.5, 0.6) is 0 Å². The molecule has 0 amide bonds. The van der Waals surface area contributed by atoms with Crippen molar-refractivity contribution in [2.75, 3.05) is 14.2 Å². The number of likely N-dealkylation sites (N-methyl/N-ethyl adjacent to an activating group) is 1. The molecule has 2 rings (SSSR count). The molecule has 0 radical (unpaired) electrons. The zero-order valence-corrected chi connectivity index (χ0v) is 8.36. The van der Waals surface area contributed by atoms with E-state index < -0.39 is 36.6 Å².